The normalized spacial score (nSPS) is 9.25. The molecule has 0 saturated carbocycles. The first-order valence-electron chi connectivity index (χ1n) is 4.40. The minimum absolute atomic E-state index is 0.819. The van der Waals surface area contributed by atoms with E-state index >= 15 is 0 Å². The number of allylic oxidation sites excluding steroid dienone is 2. The van der Waals surface area contributed by atoms with Crippen LogP contribution in [-0.2, 0) is 4.74 Å². The monoisotopic (exact) mass is 173 g/mol. The van der Waals surface area contributed by atoms with Crippen molar-refractivity contribution < 1.29 is 4.74 Å². The van der Waals surface area contributed by atoms with Crippen LogP contribution in [-0.4, -0.2) is 13.8 Å². The Morgan fingerprint density at radius 3 is 1.50 bits per heavy atom. The van der Waals surface area contributed by atoms with Crippen molar-refractivity contribution in [2.75, 3.05) is 7.11 Å². The lowest BCUT2D eigenvalue weighted by atomic mass is 10.4. The van der Waals surface area contributed by atoms with Crippen LogP contribution in [0.1, 0.15) is 41.5 Å². The lowest BCUT2D eigenvalue weighted by molar-refractivity contribution is 0.288. The van der Waals surface area contributed by atoms with E-state index in [2.05, 4.69) is 11.7 Å². The largest absolute Gasteiger partial charge is 0.500 e. The minimum atomic E-state index is 0.819. The van der Waals surface area contributed by atoms with Gasteiger partial charge < -0.3 is 4.74 Å². The Kier molecular flexibility index (Phi) is 24.1. The van der Waals surface area contributed by atoms with Gasteiger partial charge in [-0.3, -0.25) is 4.99 Å². The average molecular weight is 173 g/mol. The van der Waals surface area contributed by atoms with Crippen LogP contribution in [0.15, 0.2) is 16.4 Å². The summed E-state index contributed by atoms with van der Waals surface area (Å²) in [5.74, 6) is 0.819. The smallest absolute Gasteiger partial charge is 0.113 e. The second-order valence-electron chi connectivity index (χ2n) is 1.50. The molecule has 0 aromatic rings. The second kappa shape index (κ2) is 16.7. The molecule has 0 rings (SSSR count). The Morgan fingerprint density at radius 2 is 1.42 bits per heavy atom. The standard InChI is InChI=1S/C6H11NO.2C2H6/c1-5(7-3)6(2)8-4;2*1-2/h3H2,1-2,4H3;2*1-2H3/b6-5-;;. The summed E-state index contributed by atoms with van der Waals surface area (Å²) in [4.78, 5) is 3.66. The van der Waals surface area contributed by atoms with Gasteiger partial charge >= 0.3 is 0 Å². The molecule has 0 heterocycles. The van der Waals surface area contributed by atoms with Crippen molar-refractivity contribution in [3.05, 3.63) is 11.5 Å². The summed E-state index contributed by atoms with van der Waals surface area (Å²) in [7, 11) is 1.62. The number of hydrogen-bond donors (Lipinski definition) is 0. The molecule has 0 radical (unpaired) electrons. The molecule has 0 unspecified atom stereocenters. The van der Waals surface area contributed by atoms with Crippen molar-refractivity contribution in [2.24, 2.45) is 4.99 Å². The molecule has 0 atom stereocenters. The van der Waals surface area contributed by atoms with Crippen LogP contribution in [0.5, 0.6) is 0 Å². The van der Waals surface area contributed by atoms with Gasteiger partial charge in [0, 0.05) is 0 Å². The first-order valence-corrected chi connectivity index (χ1v) is 4.40. The van der Waals surface area contributed by atoms with E-state index < -0.39 is 0 Å². The third-order valence-electron chi connectivity index (χ3n) is 1.05. The van der Waals surface area contributed by atoms with Gasteiger partial charge in [-0.05, 0) is 20.6 Å². The zero-order valence-electron chi connectivity index (χ0n) is 9.56. The van der Waals surface area contributed by atoms with Crippen LogP contribution >= 0.6 is 0 Å². The summed E-state index contributed by atoms with van der Waals surface area (Å²) in [6.07, 6.45) is 0. The summed E-state index contributed by atoms with van der Waals surface area (Å²) in [6.45, 7) is 15.0. The van der Waals surface area contributed by atoms with E-state index in [0.717, 1.165) is 11.5 Å². The molecule has 0 saturated heterocycles. The molecular formula is C10H23NO. The van der Waals surface area contributed by atoms with E-state index in [4.69, 9.17) is 4.74 Å². The summed E-state index contributed by atoms with van der Waals surface area (Å²) in [6, 6.07) is 0. The van der Waals surface area contributed by atoms with Crippen molar-refractivity contribution in [1.29, 1.82) is 0 Å². The topological polar surface area (TPSA) is 21.6 Å². The molecule has 0 bridgehead atoms. The highest BCUT2D eigenvalue weighted by Crippen LogP contribution is 2.02. The van der Waals surface area contributed by atoms with E-state index in [0.29, 0.717) is 0 Å². The van der Waals surface area contributed by atoms with Crippen LogP contribution in [0, 0.1) is 0 Å². The predicted octanol–water partition coefficient (Wildman–Crippen LogP) is 3.64. The minimum Gasteiger partial charge on any atom is -0.500 e. The maximum atomic E-state index is 4.85. The van der Waals surface area contributed by atoms with Crippen molar-refractivity contribution in [2.45, 2.75) is 41.5 Å². The fourth-order valence-electron chi connectivity index (χ4n) is 0.259. The van der Waals surface area contributed by atoms with E-state index in [1.807, 2.05) is 41.5 Å². The van der Waals surface area contributed by atoms with Gasteiger partial charge in [0.1, 0.15) is 5.76 Å². The quantitative estimate of drug-likeness (QED) is 0.461. The van der Waals surface area contributed by atoms with Gasteiger partial charge in [0.05, 0.1) is 12.8 Å². The first kappa shape index (κ1) is 17.3. The van der Waals surface area contributed by atoms with Gasteiger partial charge in [-0.1, -0.05) is 27.7 Å². The molecule has 0 aromatic carbocycles. The molecule has 0 aromatic heterocycles. The molecule has 12 heavy (non-hydrogen) atoms. The van der Waals surface area contributed by atoms with Gasteiger partial charge in [0.25, 0.3) is 0 Å². The highest BCUT2D eigenvalue weighted by molar-refractivity contribution is 5.28. The van der Waals surface area contributed by atoms with Crippen LogP contribution in [0.2, 0.25) is 0 Å². The predicted molar refractivity (Wildman–Crippen MR) is 57.6 cm³/mol. The maximum absolute atomic E-state index is 4.85. The Hall–Kier alpha value is -0.790. The highest BCUT2D eigenvalue weighted by atomic mass is 16.5. The Labute approximate surface area is 77.4 Å². The molecule has 0 aliphatic heterocycles. The molecule has 0 N–H and O–H groups in total. The summed E-state index contributed by atoms with van der Waals surface area (Å²) in [5, 5.41) is 0. The first-order chi connectivity index (χ1) is 5.72. The van der Waals surface area contributed by atoms with Crippen molar-refractivity contribution in [3.8, 4) is 0 Å². The zero-order chi connectivity index (χ0) is 10.6. The van der Waals surface area contributed by atoms with Gasteiger partial charge in [0.2, 0.25) is 0 Å². The Bertz CT molecular complexity index is 117. The average Bonchev–Trinajstić information content (AvgIpc) is 2.21. The fraction of sp³-hybridized carbons (Fsp3) is 0.700. The third kappa shape index (κ3) is 11.9. The molecule has 0 aliphatic carbocycles. The lowest BCUT2D eigenvalue weighted by Crippen LogP contribution is -1.82. The highest BCUT2D eigenvalue weighted by Gasteiger charge is 1.88. The number of hydrogen-bond acceptors (Lipinski definition) is 2. The number of aliphatic imine (C=N–C) groups is 1. The maximum Gasteiger partial charge on any atom is 0.113 e. The molecule has 2 heteroatoms. The number of nitrogens with zero attached hydrogens (tertiary/aromatic N) is 1. The summed E-state index contributed by atoms with van der Waals surface area (Å²) < 4.78 is 4.85. The van der Waals surface area contributed by atoms with Gasteiger partial charge in [0.15, 0.2) is 0 Å². The van der Waals surface area contributed by atoms with Crippen molar-refractivity contribution in [1.82, 2.24) is 0 Å². The SMILES string of the molecule is C=N/C(C)=C(/C)OC.CC.CC. The van der Waals surface area contributed by atoms with E-state index in [1.165, 1.54) is 0 Å². The van der Waals surface area contributed by atoms with E-state index in [-0.39, 0.29) is 0 Å². The van der Waals surface area contributed by atoms with E-state index in [1.54, 1.807) is 7.11 Å². The van der Waals surface area contributed by atoms with Gasteiger partial charge in [-0.2, -0.15) is 0 Å². The second-order valence-corrected chi connectivity index (χ2v) is 1.50. The van der Waals surface area contributed by atoms with Crippen LogP contribution in [0.25, 0.3) is 0 Å². The zero-order valence-corrected chi connectivity index (χ0v) is 9.56. The molecular weight excluding hydrogens is 150 g/mol. The number of rotatable bonds is 2. The Balaban J connectivity index is -0.000000175. The van der Waals surface area contributed by atoms with Crippen LogP contribution in [0.3, 0.4) is 0 Å². The van der Waals surface area contributed by atoms with Crippen LogP contribution in [0.4, 0.5) is 0 Å². The molecule has 0 aliphatic rings. The van der Waals surface area contributed by atoms with Gasteiger partial charge in [-0.25, -0.2) is 0 Å². The molecule has 2 nitrogen and oxygen atoms in total. The number of methoxy groups -OCH3 is 1. The summed E-state index contributed by atoms with van der Waals surface area (Å²) in [5.41, 5.74) is 0.840. The van der Waals surface area contributed by atoms with E-state index in [9.17, 15) is 0 Å². The third-order valence-corrected chi connectivity index (χ3v) is 1.05. The van der Waals surface area contributed by atoms with Crippen molar-refractivity contribution in [3.63, 3.8) is 0 Å². The van der Waals surface area contributed by atoms with Gasteiger partial charge in [-0.15, -0.1) is 0 Å². The number of ether oxygens (including phenoxy) is 1. The Morgan fingerprint density at radius 1 is 1.08 bits per heavy atom. The lowest BCUT2D eigenvalue weighted by Gasteiger charge is -1.98. The van der Waals surface area contributed by atoms with Crippen LogP contribution < -0.4 is 0 Å². The molecule has 74 valence electrons. The fourth-order valence-corrected chi connectivity index (χ4v) is 0.259. The molecule has 0 fully saturated rings. The molecule has 0 spiro atoms. The van der Waals surface area contributed by atoms with Crippen molar-refractivity contribution >= 4 is 6.72 Å². The summed E-state index contributed by atoms with van der Waals surface area (Å²) >= 11 is 0. The molecule has 0 amide bonds.